The molecule has 0 amide bonds. The van der Waals surface area contributed by atoms with Crippen molar-refractivity contribution >= 4 is 15.9 Å². The monoisotopic (exact) mass is 336 g/mol. The maximum atomic E-state index is 12.4. The SMILES string of the molecule is CNc1oc(-c2ccc(OC)c(S(=O)(=O)N(C)C)c2)nc1C#N. The van der Waals surface area contributed by atoms with Gasteiger partial charge in [0.1, 0.15) is 16.7 Å². The summed E-state index contributed by atoms with van der Waals surface area (Å²) in [5.41, 5.74) is 0.513. The smallest absolute Gasteiger partial charge is 0.246 e. The Morgan fingerprint density at radius 3 is 2.57 bits per heavy atom. The molecule has 122 valence electrons. The van der Waals surface area contributed by atoms with Crippen LogP contribution in [0.25, 0.3) is 11.5 Å². The van der Waals surface area contributed by atoms with Crippen molar-refractivity contribution in [2.45, 2.75) is 4.90 Å². The zero-order valence-corrected chi connectivity index (χ0v) is 13.9. The van der Waals surface area contributed by atoms with Crippen LogP contribution in [-0.4, -0.2) is 46.0 Å². The minimum atomic E-state index is -3.71. The summed E-state index contributed by atoms with van der Waals surface area (Å²) in [6, 6.07) is 6.43. The molecule has 0 saturated heterocycles. The Morgan fingerprint density at radius 1 is 1.39 bits per heavy atom. The van der Waals surface area contributed by atoms with Gasteiger partial charge in [-0.15, -0.1) is 0 Å². The number of nitrogens with zero attached hydrogens (tertiary/aromatic N) is 3. The first-order chi connectivity index (χ1) is 10.8. The first kappa shape index (κ1) is 16.8. The van der Waals surface area contributed by atoms with Gasteiger partial charge in [0.25, 0.3) is 0 Å². The molecule has 1 heterocycles. The minimum Gasteiger partial charge on any atom is -0.495 e. The molecule has 0 unspecified atom stereocenters. The van der Waals surface area contributed by atoms with Crippen LogP contribution in [0.2, 0.25) is 0 Å². The number of sulfonamides is 1. The Morgan fingerprint density at radius 2 is 2.09 bits per heavy atom. The Balaban J connectivity index is 2.63. The summed E-state index contributed by atoms with van der Waals surface area (Å²) in [5.74, 6) is 0.572. The maximum absolute atomic E-state index is 12.4. The van der Waals surface area contributed by atoms with Gasteiger partial charge in [0.2, 0.25) is 27.5 Å². The molecule has 0 saturated carbocycles. The lowest BCUT2D eigenvalue weighted by Crippen LogP contribution is -2.22. The molecule has 2 aromatic rings. The van der Waals surface area contributed by atoms with Gasteiger partial charge in [-0.3, -0.25) is 0 Å². The standard InChI is InChI=1S/C14H16N4O4S/c1-16-14-10(8-15)17-13(22-14)9-5-6-11(21-4)12(7-9)23(19,20)18(2)3/h5-7,16H,1-4H3. The van der Waals surface area contributed by atoms with Crippen molar-refractivity contribution in [1.29, 1.82) is 5.26 Å². The second-order valence-electron chi connectivity index (χ2n) is 4.71. The van der Waals surface area contributed by atoms with Crippen molar-refractivity contribution in [3.8, 4) is 23.3 Å². The van der Waals surface area contributed by atoms with Crippen LogP contribution in [-0.2, 0) is 10.0 Å². The molecular weight excluding hydrogens is 320 g/mol. The van der Waals surface area contributed by atoms with Crippen LogP contribution in [0.1, 0.15) is 5.69 Å². The second-order valence-corrected chi connectivity index (χ2v) is 6.83. The van der Waals surface area contributed by atoms with Crippen molar-refractivity contribution in [1.82, 2.24) is 9.29 Å². The molecular formula is C14H16N4O4S. The first-order valence-corrected chi connectivity index (χ1v) is 7.98. The van der Waals surface area contributed by atoms with Crippen LogP contribution in [0.4, 0.5) is 5.88 Å². The summed E-state index contributed by atoms with van der Waals surface area (Å²) in [6.07, 6.45) is 0. The Hall–Kier alpha value is -2.57. The summed E-state index contributed by atoms with van der Waals surface area (Å²) >= 11 is 0. The number of nitriles is 1. The molecule has 1 aromatic heterocycles. The molecule has 8 nitrogen and oxygen atoms in total. The first-order valence-electron chi connectivity index (χ1n) is 6.54. The van der Waals surface area contributed by atoms with Crippen LogP contribution in [0.15, 0.2) is 27.5 Å². The predicted octanol–water partition coefficient (Wildman–Crippen LogP) is 1.51. The molecule has 0 aliphatic heterocycles. The van der Waals surface area contributed by atoms with E-state index in [0.717, 1.165) is 4.31 Å². The van der Waals surface area contributed by atoms with E-state index in [1.54, 1.807) is 13.1 Å². The summed E-state index contributed by atoms with van der Waals surface area (Å²) < 4.78 is 36.5. The van der Waals surface area contributed by atoms with Gasteiger partial charge in [0.15, 0.2) is 0 Å². The number of hydrogen-bond donors (Lipinski definition) is 1. The van der Waals surface area contributed by atoms with E-state index in [2.05, 4.69) is 10.3 Å². The van der Waals surface area contributed by atoms with E-state index in [9.17, 15) is 8.42 Å². The Labute approximate surface area is 134 Å². The van der Waals surface area contributed by atoms with Crippen LogP contribution in [0.5, 0.6) is 5.75 Å². The van der Waals surface area contributed by atoms with Crippen LogP contribution >= 0.6 is 0 Å². The lowest BCUT2D eigenvalue weighted by Gasteiger charge is -2.15. The van der Waals surface area contributed by atoms with E-state index in [1.165, 1.54) is 33.3 Å². The summed E-state index contributed by atoms with van der Waals surface area (Å²) in [7, 11) is 2.14. The number of rotatable bonds is 5. The van der Waals surface area contributed by atoms with Gasteiger partial charge in [0.05, 0.1) is 7.11 Å². The van der Waals surface area contributed by atoms with E-state index >= 15 is 0 Å². The number of benzene rings is 1. The summed E-state index contributed by atoms with van der Waals surface area (Å²) in [4.78, 5) is 4.04. The van der Waals surface area contributed by atoms with Gasteiger partial charge in [-0.1, -0.05) is 0 Å². The predicted molar refractivity (Wildman–Crippen MR) is 83.6 cm³/mol. The fourth-order valence-corrected chi connectivity index (χ4v) is 2.97. The maximum Gasteiger partial charge on any atom is 0.246 e. The number of hydrogen-bond acceptors (Lipinski definition) is 7. The largest absolute Gasteiger partial charge is 0.495 e. The number of oxazole rings is 1. The summed E-state index contributed by atoms with van der Waals surface area (Å²) in [5, 5.41) is 11.7. The molecule has 0 atom stereocenters. The fourth-order valence-electron chi connectivity index (χ4n) is 1.90. The van der Waals surface area contributed by atoms with E-state index < -0.39 is 10.0 Å². The third-order valence-corrected chi connectivity index (χ3v) is 4.97. The second kappa shape index (κ2) is 6.28. The van der Waals surface area contributed by atoms with Gasteiger partial charge in [-0.25, -0.2) is 12.7 Å². The van der Waals surface area contributed by atoms with Crippen LogP contribution in [0.3, 0.4) is 0 Å². The van der Waals surface area contributed by atoms with Gasteiger partial charge >= 0.3 is 0 Å². The fraction of sp³-hybridized carbons (Fsp3) is 0.286. The molecule has 1 N–H and O–H groups in total. The highest BCUT2D eigenvalue weighted by Crippen LogP contribution is 2.32. The van der Waals surface area contributed by atoms with Crippen LogP contribution in [0, 0.1) is 11.3 Å². The lowest BCUT2D eigenvalue weighted by molar-refractivity contribution is 0.400. The zero-order valence-electron chi connectivity index (χ0n) is 13.1. The molecule has 0 fully saturated rings. The van der Waals surface area contributed by atoms with E-state index in [0.29, 0.717) is 5.56 Å². The quantitative estimate of drug-likeness (QED) is 0.881. The number of aromatic nitrogens is 1. The molecule has 0 spiro atoms. The van der Waals surface area contributed by atoms with Crippen molar-refractivity contribution in [2.24, 2.45) is 0 Å². The highest BCUT2D eigenvalue weighted by atomic mass is 32.2. The average Bonchev–Trinajstić information content (AvgIpc) is 2.97. The summed E-state index contributed by atoms with van der Waals surface area (Å²) in [6.45, 7) is 0. The highest BCUT2D eigenvalue weighted by Gasteiger charge is 2.24. The molecule has 0 radical (unpaired) electrons. The van der Waals surface area contributed by atoms with Crippen molar-refractivity contribution in [2.75, 3.05) is 33.6 Å². The molecule has 0 aliphatic rings. The van der Waals surface area contributed by atoms with E-state index in [-0.39, 0.29) is 28.1 Å². The normalized spacial score (nSPS) is 11.3. The molecule has 23 heavy (non-hydrogen) atoms. The third-order valence-electron chi connectivity index (χ3n) is 3.13. The van der Waals surface area contributed by atoms with Crippen LogP contribution < -0.4 is 10.1 Å². The molecule has 0 aliphatic carbocycles. The number of ether oxygens (including phenoxy) is 1. The van der Waals surface area contributed by atoms with Gasteiger partial charge in [0, 0.05) is 26.7 Å². The van der Waals surface area contributed by atoms with Gasteiger partial charge < -0.3 is 14.5 Å². The number of anilines is 1. The Bertz CT molecular complexity index is 865. The van der Waals surface area contributed by atoms with Gasteiger partial charge in [-0.2, -0.15) is 10.2 Å². The highest BCUT2D eigenvalue weighted by molar-refractivity contribution is 7.89. The minimum absolute atomic E-state index is 0.00906. The number of nitrogens with one attached hydrogen (secondary N) is 1. The molecule has 1 aromatic carbocycles. The van der Waals surface area contributed by atoms with Gasteiger partial charge in [-0.05, 0) is 18.2 Å². The number of methoxy groups -OCH3 is 1. The topological polar surface area (TPSA) is 108 Å². The molecule has 2 rings (SSSR count). The van der Waals surface area contributed by atoms with E-state index in [1.807, 2.05) is 6.07 Å². The lowest BCUT2D eigenvalue weighted by atomic mass is 10.2. The Kier molecular flexibility index (Phi) is 4.58. The van der Waals surface area contributed by atoms with Crippen molar-refractivity contribution in [3.63, 3.8) is 0 Å². The van der Waals surface area contributed by atoms with Crippen molar-refractivity contribution < 1.29 is 17.6 Å². The van der Waals surface area contributed by atoms with E-state index in [4.69, 9.17) is 14.4 Å². The third kappa shape index (κ3) is 2.99. The zero-order chi connectivity index (χ0) is 17.2. The molecule has 9 heteroatoms. The van der Waals surface area contributed by atoms with Crippen molar-refractivity contribution in [3.05, 3.63) is 23.9 Å². The average molecular weight is 336 g/mol. The molecule has 0 bridgehead atoms.